The molecule has 0 saturated heterocycles. The third-order valence-corrected chi connectivity index (χ3v) is 5.71. The van der Waals surface area contributed by atoms with Gasteiger partial charge in [0.15, 0.2) is 0 Å². The molecule has 0 amide bonds. The van der Waals surface area contributed by atoms with Crippen LogP contribution in [0.15, 0.2) is 0 Å². The second-order valence-electron chi connectivity index (χ2n) is 8.38. The van der Waals surface area contributed by atoms with E-state index in [2.05, 4.69) is 0 Å². The summed E-state index contributed by atoms with van der Waals surface area (Å²) in [6.07, 6.45) is 2.04. The molecule has 0 aromatic rings. The van der Waals surface area contributed by atoms with Crippen LogP contribution in [0.2, 0.25) is 0 Å². The van der Waals surface area contributed by atoms with Crippen molar-refractivity contribution in [1.29, 1.82) is 0 Å². The van der Waals surface area contributed by atoms with Crippen LogP contribution in [-0.2, 0) is 28.8 Å². The molecule has 0 rings (SSSR count). The Morgan fingerprint density at radius 1 is 0.500 bits per heavy atom. The minimum atomic E-state index is -1.26. The van der Waals surface area contributed by atoms with Crippen molar-refractivity contribution in [3.05, 3.63) is 0 Å². The van der Waals surface area contributed by atoms with E-state index in [1.54, 1.807) is 20.8 Å². The van der Waals surface area contributed by atoms with Crippen molar-refractivity contribution in [2.75, 3.05) is 0 Å². The monoisotopic (exact) mass is 498 g/mol. The summed E-state index contributed by atoms with van der Waals surface area (Å²) in [5.74, 6) is -7.91. The number of carboxylic acids is 3. The van der Waals surface area contributed by atoms with Gasteiger partial charge in [0, 0.05) is 0 Å². The van der Waals surface area contributed by atoms with Crippen LogP contribution in [0.25, 0.3) is 0 Å². The topological polar surface area (TPSA) is 172 Å². The van der Waals surface area contributed by atoms with Crippen molar-refractivity contribution in [3.8, 4) is 0 Å². The summed E-state index contributed by atoms with van der Waals surface area (Å²) in [5.41, 5.74) is 0. The van der Waals surface area contributed by atoms with Gasteiger partial charge in [-0.25, -0.2) is 0 Å². The molecular formula is C24H39AlO9. The summed E-state index contributed by atoms with van der Waals surface area (Å²) in [6, 6.07) is 0. The van der Waals surface area contributed by atoms with Gasteiger partial charge in [0.2, 0.25) is 0 Å². The standard InChI is InChI=1S/3C8H14O3.Al/c3*1-4-5(2)7(6(3)9)8(10)11;/h3*5,7H,4H2,1-3H3,(H,10,11);/q;;;+3/p-3. The van der Waals surface area contributed by atoms with Gasteiger partial charge in [-0.2, -0.15) is 0 Å². The zero-order chi connectivity index (χ0) is 27.0. The van der Waals surface area contributed by atoms with E-state index in [0.29, 0.717) is 19.3 Å². The first-order chi connectivity index (χ1) is 15.0. The fraction of sp³-hybridized carbons (Fsp3) is 0.750. The van der Waals surface area contributed by atoms with Gasteiger partial charge in [-0.1, -0.05) is 60.8 Å². The first-order valence-electron chi connectivity index (χ1n) is 11.1. The fourth-order valence-corrected chi connectivity index (χ4v) is 3.10. The van der Waals surface area contributed by atoms with Gasteiger partial charge in [0.1, 0.15) is 17.3 Å². The number of ketones is 3. The van der Waals surface area contributed by atoms with Crippen LogP contribution in [0, 0.1) is 35.5 Å². The van der Waals surface area contributed by atoms with E-state index < -0.39 is 35.7 Å². The molecule has 0 aliphatic heterocycles. The van der Waals surface area contributed by atoms with Crippen molar-refractivity contribution in [2.45, 2.75) is 81.6 Å². The Morgan fingerprint density at radius 2 is 0.647 bits per heavy atom. The van der Waals surface area contributed by atoms with Crippen LogP contribution in [0.4, 0.5) is 0 Å². The first kappa shape index (κ1) is 39.2. The molecule has 0 N–H and O–H groups in total. The van der Waals surface area contributed by atoms with Crippen LogP contribution in [0.1, 0.15) is 81.6 Å². The maximum absolute atomic E-state index is 10.8. The molecule has 6 unspecified atom stereocenters. The van der Waals surface area contributed by atoms with E-state index in [9.17, 15) is 44.1 Å². The van der Waals surface area contributed by atoms with E-state index in [0.717, 1.165) is 0 Å². The quantitative estimate of drug-likeness (QED) is 0.256. The number of carbonyl (C=O) groups is 6. The molecule has 0 saturated carbocycles. The second-order valence-corrected chi connectivity index (χ2v) is 8.38. The van der Waals surface area contributed by atoms with Crippen LogP contribution < -0.4 is 15.3 Å². The van der Waals surface area contributed by atoms with Gasteiger partial charge in [0.05, 0.1) is 35.7 Å². The first-order valence-corrected chi connectivity index (χ1v) is 11.1. The molecule has 6 atom stereocenters. The molecule has 0 aliphatic carbocycles. The zero-order valence-corrected chi connectivity index (χ0v) is 23.0. The molecule has 0 fully saturated rings. The van der Waals surface area contributed by atoms with Crippen molar-refractivity contribution >= 4 is 52.6 Å². The molecule has 0 heterocycles. The fourth-order valence-electron chi connectivity index (χ4n) is 3.10. The molecule has 0 spiro atoms. The van der Waals surface area contributed by atoms with Gasteiger partial charge in [-0.05, 0) is 38.5 Å². The Bertz CT molecular complexity index is 543. The molecule has 34 heavy (non-hydrogen) atoms. The number of carboxylic acid groups (broad SMARTS) is 3. The van der Waals surface area contributed by atoms with Gasteiger partial charge in [0.25, 0.3) is 0 Å². The molecule has 0 aromatic carbocycles. The SMILES string of the molecule is CCC(C)C(C(C)=O)C(=O)[O-].CCC(C)C(C(C)=O)C(=O)[O-].CCC(C)C(C(C)=O)C(=O)[O-].[Al+3]. The molecule has 10 heteroatoms. The number of carbonyl (C=O) groups excluding carboxylic acids is 6. The average molecular weight is 499 g/mol. The van der Waals surface area contributed by atoms with Gasteiger partial charge in [-0.15, -0.1) is 0 Å². The Morgan fingerprint density at radius 3 is 0.676 bits per heavy atom. The number of hydrogen-bond donors (Lipinski definition) is 0. The number of Topliss-reactive ketones (excluding diaryl/α,β-unsaturated/α-hetero) is 3. The molecule has 0 bridgehead atoms. The van der Waals surface area contributed by atoms with E-state index in [4.69, 9.17) is 0 Å². The average Bonchev–Trinajstić information content (AvgIpc) is 2.66. The predicted octanol–water partition coefficient (Wildman–Crippen LogP) is -0.418. The summed E-state index contributed by atoms with van der Waals surface area (Å²) in [6.45, 7) is 14.6. The maximum Gasteiger partial charge on any atom is 3.00 e. The number of aliphatic carboxylic acids is 3. The van der Waals surface area contributed by atoms with E-state index in [-0.39, 0.29) is 52.5 Å². The summed E-state index contributed by atoms with van der Waals surface area (Å²) >= 11 is 0. The molecule has 0 aliphatic rings. The summed E-state index contributed by atoms with van der Waals surface area (Å²) in [5, 5.41) is 31.2. The molecule has 0 radical (unpaired) electrons. The van der Waals surface area contributed by atoms with Gasteiger partial charge < -0.3 is 29.7 Å². The summed E-state index contributed by atoms with van der Waals surface area (Å²) in [7, 11) is 0. The van der Waals surface area contributed by atoms with Crippen LogP contribution in [0.3, 0.4) is 0 Å². The minimum absolute atomic E-state index is 0. The zero-order valence-electron chi connectivity index (χ0n) is 21.8. The van der Waals surface area contributed by atoms with Crippen LogP contribution in [0.5, 0.6) is 0 Å². The number of rotatable bonds is 12. The normalized spacial score (nSPS) is 15.1. The minimum Gasteiger partial charge on any atom is -0.549 e. The van der Waals surface area contributed by atoms with Crippen LogP contribution in [-0.4, -0.2) is 52.6 Å². The Labute approximate surface area is 213 Å². The predicted molar refractivity (Wildman–Crippen MR) is 122 cm³/mol. The molecule has 0 aromatic heterocycles. The van der Waals surface area contributed by atoms with Gasteiger partial charge in [-0.3, -0.25) is 14.4 Å². The Balaban J connectivity index is -0.000000196. The number of hydrogen-bond acceptors (Lipinski definition) is 9. The van der Waals surface area contributed by atoms with Crippen LogP contribution >= 0.6 is 0 Å². The van der Waals surface area contributed by atoms with E-state index in [1.807, 2.05) is 20.8 Å². The third-order valence-electron chi connectivity index (χ3n) is 5.71. The maximum atomic E-state index is 10.8. The third kappa shape index (κ3) is 15.7. The largest absolute Gasteiger partial charge is 3.00 e. The van der Waals surface area contributed by atoms with E-state index in [1.165, 1.54) is 20.8 Å². The van der Waals surface area contributed by atoms with Crippen molar-refractivity contribution in [2.24, 2.45) is 35.5 Å². The van der Waals surface area contributed by atoms with Gasteiger partial charge >= 0.3 is 17.4 Å². The Kier molecular flexibility index (Phi) is 23.4. The summed E-state index contributed by atoms with van der Waals surface area (Å²) < 4.78 is 0. The van der Waals surface area contributed by atoms with E-state index >= 15 is 0 Å². The molecule has 9 nitrogen and oxygen atoms in total. The molecular weight excluding hydrogens is 459 g/mol. The second kappa shape index (κ2) is 20.3. The van der Waals surface area contributed by atoms with Crippen molar-refractivity contribution in [1.82, 2.24) is 0 Å². The van der Waals surface area contributed by atoms with Crippen molar-refractivity contribution in [3.63, 3.8) is 0 Å². The van der Waals surface area contributed by atoms with Crippen molar-refractivity contribution < 1.29 is 44.1 Å². The summed E-state index contributed by atoms with van der Waals surface area (Å²) in [4.78, 5) is 63.5. The smallest absolute Gasteiger partial charge is 0.549 e. The Hall–Kier alpha value is -2.05. The molecule has 192 valence electrons.